The van der Waals surface area contributed by atoms with Crippen LogP contribution in [0.4, 0.5) is 8.78 Å². The lowest BCUT2D eigenvalue weighted by Gasteiger charge is -2.08. The van der Waals surface area contributed by atoms with Crippen LogP contribution in [0.2, 0.25) is 0 Å². The molecule has 3 rings (SSSR count). The van der Waals surface area contributed by atoms with Crippen LogP contribution < -0.4 is 15.6 Å². The van der Waals surface area contributed by atoms with Crippen molar-refractivity contribution in [2.24, 2.45) is 0 Å². The zero-order chi connectivity index (χ0) is 19.9. The van der Waals surface area contributed by atoms with Gasteiger partial charge in [0.05, 0.1) is 12.1 Å². The van der Waals surface area contributed by atoms with Crippen molar-refractivity contribution in [3.63, 3.8) is 0 Å². The number of aromatic nitrogens is 1. The lowest BCUT2D eigenvalue weighted by Crippen LogP contribution is -2.44. The molecule has 3 aromatic rings. The largest absolute Gasteiger partial charge is 0.484 e. The van der Waals surface area contributed by atoms with Gasteiger partial charge in [-0.1, -0.05) is 12.1 Å². The summed E-state index contributed by atoms with van der Waals surface area (Å²) in [6.45, 7) is -0.341. The minimum absolute atomic E-state index is 0.0507. The van der Waals surface area contributed by atoms with Gasteiger partial charge in [-0.05, 0) is 36.4 Å². The quantitative estimate of drug-likeness (QED) is 0.621. The van der Waals surface area contributed by atoms with Crippen molar-refractivity contribution in [2.45, 2.75) is 6.42 Å². The number of rotatable bonds is 6. The van der Waals surface area contributed by atoms with Crippen LogP contribution in [-0.4, -0.2) is 23.4 Å². The van der Waals surface area contributed by atoms with Crippen molar-refractivity contribution in [2.75, 3.05) is 6.61 Å². The Balaban J connectivity index is 1.44. The number of hydrazine groups is 1. The molecule has 0 saturated heterocycles. The first kappa shape index (κ1) is 19.4. The molecule has 0 aliphatic heterocycles. The highest BCUT2D eigenvalue weighted by Crippen LogP contribution is 2.24. The Morgan fingerprint density at radius 2 is 1.75 bits per heavy atom. The molecule has 9 heteroatoms. The van der Waals surface area contributed by atoms with Crippen LogP contribution >= 0.6 is 11.3 Å². The SMILES string of the molecule is O=C(COc1ccc(F)cc1)NNC(=O)Cc1csc(-c2cccc(F)c2)n1. The number of benzene rings is 2. The summed E-state index contributed by atoms with van der Waals surface area (Å²) < 4.78 is 31.2. The Kier molecular flexibility index (Phi) is 6.28. The summed E-state index contributed by atoms with van der Waals surface area (Å²) in [5, 5.41) is 2.29. The van der Waals surface area contributed by atoms with Gasteiger partial charge in [-0.25, -0.2) is 13.8 Å². The molecule has 1 aromatic heterocycles. The summed E-state index contributed by atoms with van der Waals surface area (Å²) in [6, 6.07) is 11.2. The van der Waals surface area contributed by atoms with Gasteiger partial charge in [0.2, 0.25) is 5.91 Å². The van der Waals surface area contributed by atoms with Gasteiger partial charge in [0.25, 0.3) is 5.91 Å². The van der Waals surface area contributed by atoms with Crippen LogP contribution in [-0.2, 0) is 16.0 Å². The molecule has 2 N–H and O–H groups in total. The normalized spacial score (nSPS) is 10.4. The molecule has 0 atom stereocenters. The van der Waals surface area contributed by atoms with Gasteiger partial charge in [-0.2, -0.15) is 0 Å². The van der Waals surface area contributed by atoms with Gasteiger partial charge in [0.15, 0.2) is 6.61 Å². The average Bonchev–Trinajstić information content (AvgIpc) is 3.14. The van der Waals surface area contributed by atoms with Crippen molar-refractivity contribution in [1.29, 1.82) is 0 Å². The zero-order valence-electron chi connectivity index (χ0n) is 14.4. The van der Waals surface area contributed by atoms with Crippen LogP contribution in [0.5, 0.6) is 5.75 Å². The first-order valence-electron chi connectivity index (χ1n) is 8.16. The van der Waals surface area contributed by atoms with Crippen LogP contribution in [0.3, 0.4) is 0 Å². The van der Waals surface area contributed by atoms with E-state index >= 15 is 0 Å². The van der Waals surface area contributed by atoms with E-state index in [0.29, 0.717) is 22.0 Å². The predicted molar refractivity (Wildman–Crippen MR) is 99.4 cm³/mol. The molecule has 28 heavy (non-hydrogen) atoms. The first-order valence-corrected chi connectivity index (χ1v) is 9.04. The molecular formula is C19H15F2N3O3S. The summed E-state index contributed by atoms with van der Waals surface area (Å²) in [6.07, 6.45) is -0.0507. The Morgan fingerprint density at radius 1 is 1.00 bits per heavy atom. The highest BCUT2D eigenvalue weighted by atomic mass is 32.1. The molecule has 2 amide bonds. The lowest BCUT2D eigenvalue weighted by atomic mass is 10.2. The van der Waals surface area contributed by atoms with E-state index in [4.69, 9.17) is 4.74 Å². The molecule has 1 heterocycles. The number of hydrogen-bond acceptors (Lipinski definition) is 5. The maximum Gasteiger partial charge on any atom is 0.276 e. The number of halogens is 2. The first-order chi connectivity index (χ1) is 13.5. The maximum absolute atomic E-state index is 13.3. The van der Waals surface area contributed by atoms with E-state index in [9.17, 15) is 18.4 Å². The number of thiazole rings is 1. The second kappa shape index (κ2) is 9.05. The second-order valence-corrected chi connectivity index (χ2v) is 6.53. The highest BCUT2D eigenvalue weighted by Gasteiger charge is 2.11. The third-order valence-electron chi connectivity index (χ3n) is 3.49. The molecule has 0 radical (unpaired) electrons. The minimum atomic E-state index is -0.573. The van der Waals surface area contributed by atoms with E-state index in [1.54, 1.807) is 17.5 Å². The van der Waals surface area contributed by atoms with Crippen LogP contribution in [0.1, 0.15) is 5.69 Å². The summed E-state index contributed by atoms with van der Waals surface area (Å²) in [4.78, 5) is 27.9. The van der Waals surface area contributed by atoms with Crippen LogP contribution in [0.15, 0.2) is 53.9 Å². The molecule has 6 nitrogen and oxygen atoms in total. The molecule has 0 aliphatic carbocycles. The average molecular weight is 403 g/mol. The number of hydrogen-bond donors (Lipinski definition) is 2. The van der Waals surface area contributed by atoms with E-state index in [2.05, 4.69) is 15.8 Å². The molecule has 2 aromatic carbocycles. The molecule has 0 spiro atoms. The monoisotopic (exact) mass is 403 g/mol. The van der Waals surface area contributed by atoms with Gasteiger partial charge in [0, 0.05) is 10.9 Å². The van der Waals surface area contributed by atoms with Crippen molar-refractivity contribution in [3.8, 4) is 16.3 Å². The minimum Gasteiger partial charge on any atom is -0.484 e. The van der Waals surface area contributed by atoms with Crippen LogP contribution in [0.25, 0.3) is 10.6 Å². The third kappa shape index (κ3) is 5.58. The molecule has 0 unspecified atom stereocenters. The van der Waals surface area contributed by atoms with E-state index < -0.39 is 17.6 Å². The molecule has 0 bridgehead atoms. The Labute approximate surface area is 163 Å². The third-order valence-corrected chi connectivity index (χ3v) is 4.43. The summed E-state index contributed by atoms with van der Waals surface area (Å²) >= 11 is 1.29. The maximum atomic E-state index is 13.3. The van der Waals surface area contributed by atoms with Gasteiger partial charge >= 0.3 is 0 Å². The number of carbonyl (C=O) groups excluding carboxylic acids is 2. The Morgan fingerprint density at radius 3 is 2.50 bits per heavy atom. The summed E-state index contributed by atoms with van der Waals surface area (Å²) in [5.41, 5.74) is 5.61. The number of carbonyl (C=O) groups is 2. The van der Waals surface area contributed by atoms with E-state index in [1.807, 2.05) is 0 Å². The van der Waals surface area contributed by atoms with Crippen LogP contribution in [0, 0.1) is 11.6 Å². The van der Waals surface area contributed by atoms with Gasteiger partial charge in [-0.3, -0.25) is 20.4 Å². The van der Waals surface area contributed by atoms with E-state index in [-0.39, 0.29) is 18.8 Å². The molecule has 0 fully saturated rings. The fourth-order valence-corrected chi connectivity index (χ4v) is 3.02. The van der Waals surface area contributed by atoms with E-state index in [0.717, 1.165) is 0 Å². The fraction of sp³-hybridized carbons (Fsp3) is 0.105. The van der Waals surface area contributed by atoms with Crippen molar-refractivity contribution >= 4 is 23.2 Å². The highest BCUT2D eigenvalue weighted by molar-refractivity contribution is 7.13. The number of nitrogens with one attached hydrogen (secondary N) is 2. The van der Waals surface area contributed by atoms with Crippen molar-refractivity contribution in [3.05, 3.63) is 71.2 Å². The summed E-state index contributed by atoms with van der Waals surface area (Å²) in [5.74, 6) is -1.48. The van der Waals surface area contributed by atoms with Gasteiger partial charge < -0.3 is 4.74 Å². The number of nitrogens with zero attached hydrogens (tertiary/aromatic N) is 1. The topological polar surface area (TPSA) is 80.3 Å². The second-order valence-electron chi connectivity index (χ2n) is 5.67. The van der Waals surface area contributed by atoms with Gasteiger partial charge in [0.1, 0.15) is 22.4 Å². The molecular weight excluding hydrogens is 388 g/mol. The van der Waals surface area contributed by atoms with E-state index in [1.165, 1.54) is 47.7 Å². The van der Waals surface area contributed by atoms with Gasteiger partial charge in [-0.15, -0.1) is 11.3 Å². The molecule has 144 valence electrons. The predicted octanol–water partition coefficient (Wildman–Crippen LogP) is 2.86. The molecule has 0 aliphatic rings. The standard InChI is InChI=1S/C19H15F2N3O3S/c20-13-4-6-16(7-5-13)27-10-18(26)24-23-17(25)9-15-11-28-19(22-15)12-2-1-3-14(21)8-12/h1-8,11H,9-10H2,(H,23,25)(H,24,26). The number of amides is 2. The number of ether oxygens (including phenoxy) is 1. The molecule has 0 saturated carbocycles. The smallest absolute Gasteiger partial charge is 0.276 e. The van der Waals surface area contributed by atoms with Crippen molar-refractivity contribution < 1.29 is 23.1 Å². The Hall–Kier alpha value is -3.33. The lowest BCUT2D eigenvalue weighted by molar-refractivity contribution is -0.129. The Bertz CT molecular complexity index is 977. The zero-order valence-corrected chi connectivity index (χ0v) is 15.3. The summed E-state index contributed by atoms with van der Waals surface area (Å²) in [7, 11) is 0. The fourth-order valence-electron chi connectivity index (χ4n) is 2.21. The van der Waals surface area contributed by atoms with Crippen molar-refractivity contribution in [1.82, 2.24) is 15.8 Å².